The molecular formula is C17H27BrN2. The van der Waals surface area contributed by atoms with Crippen molar-refractivity contribution in [2.75, 3.05) is 19.6 Å². The topological polar surface area (TPSA) is 15.3 Å². The number of hydrogen-bond donors (Lipinski definition) is 1. The molecule has 0 spiro atoms. The Morgan fingerprint density at radius 1 is 1.20 bits per heavy atom. The van der Waals surface area contributed by atoms with E-state index in [1.54, 1.807) is 0 Å². The van der Waals surface area contributed by atoms with E-state index >= 15 is 0 Å². The minimum atomic E-state index is 0.487. The molecule has 1 aromatic carbocycles. The molecule has 2 nitrogen and oxygen atoms in total. The zero-order chi connectivity index (χ0) is 14.4. The van der Waals surface area contributed by atoms with Crippen molar-refractivity contribution < 1.29 is 0 Å². The van der Waals surface area contributed by atoms with Crippen LogP contribution in [0, 0.1) is 0 Å². The van der Waals surface area contributed by atoms with Crippen molar-refractivity contribution in [2.45, 2.75) is 51.6 Å². The zero-order valence-corrected chi connectivity index (χ0v) is 14.3. The van der Waals surface area contributed by atoms with Gasteiger partial charge >= 0.3 is 0 Å². The molecule has 112 valence electrons. The summed E-state index contributed by atoms with van der Waals surface area (Å²) in [6.45, 7) is 8.24. The monoisotopic (exact) mass is 338 g/mol. The lowest BCUT2D eigenvalue weighted by molar-refractivity contribution is 0.295. The van der Waals surface area contributed by atoms with E-state index in [2.05, 4.69) is 64.3 Å². The summed E-state index contributed by atoms with van der Waals surface area (Å²) in [7, 11) is 0. The SMILES string of the molecule is CCC(NC1CCCN(CC)CC1)c1ccc(Br)cc1. The van der Waals surface area contributed by atoms with Gasteiger partial charge in [-0.15, -0.1) is 0 Å². The van der Waals surface area contributed by atoms with E-state index < -0.39 is 0 Å². The molecular weight excluding hydrogens is 312 g/mol. The van der Waals surface area contributed by atoms with Crippen molar-refractivity contribution in [3.05, 3.63) is 34.3 Å². The second kappa shape index (κ2) is 8.16. The molecule has 0 saturated carbocycles. The van der Waals surface area contributed by atoms with Crippen molar-refractivity contribution in [2.24, 2.45) is 0 Å². The summed E-state index contributed by atoms with van der Waals surface area (Å²) >= 11 is 3.51. The van der Waals surface area contributed by atoms with Crippen LogP contribution in [0.25, 0.3) is 0 Å². The van der Waals surface area contributed by atoms with Crippen LogP contribution in [0.4, 0.5) is 0 Å². The Balaban J connectivity index is 1.94. The van der Waals surface area contributed by atoms with Gasteiger partial charge in [0, 0.05) is 16.6 Å². The Kier molecular flexibility index (Phi) is 6.53. The second-order valence-electron chi connectivity index (χ2n) is 5.74. The summed E-state index contributed by atoms with van der Waals surface area (Å²) in [6.07, 6.45) is 5.06. The maximum atomic E-state index is 3.88. The fourth-order valence-electron chi connectivity index (χ4n) is 3.07. The molecule has 0 aliphatic carbocycles. The van der Waals surface area contributed by atoms with Gasteiger partial charge in [-0.1, -0.05) is 41.9 Å². The molecule has 1 N–H and O–H groups in total. The number of likely N-dealkylation sites (tertiary alicyclic amines) is 1. The molecule has 20 heavy (non-hydrogen) atoms. The highest BCUT2D eigenvalue weighted by Gasteiger charge is 2.19. The summed E-state index contributed by atoms with van der Waals surface area (Å²) in [5, 5.41) is 3.88. The van der Waals surface area contributed by atoms with Gasteiger partial charge in [-0.2, -0.15) is 0 Å². The van der Waals surface area contributed by atoms with Crippen LogP contribution in [0.1, 0.15) is 51.1 Å². The third-order valence-electron chi connectivity index (χ3n) is 4.39. The smallest absolute Gasteiger partial charge is 0.0320 e. The molecule has 1 aromatic rings. The lowest BCUT2D eigenvalue weighted by Crippen LogP contribution is -2.33. The van der Waals surface area contributed by atoms with Crippen LogP contribution in [-0.2, 0) is 0 Å². The van der Waals surface area contributed by atoms with Crippen LogP contribution in [0.15, 0.2) is 28.7 Å². The predicted molar refractivity (Wildman–Crippen MR) is 90.1 cm³/mol. The van der Waals surface area contributed by atoms with Crippen LogP contribution in [0.2, 0.25) is 0 Å². The van der Waals surface area contributed by atoms with Gasteiger partial charge in [-0.05, 0) is 63.0 Å². The standard InChI is InChI=1S/C17H27BrN2/c1-3-17(14-7-9-15(18)10-8-14)19-16-6-5-12-20(4-2)13-11-16/h7-10,16-17,19H,3-6,11-13H2,1-2H3. The van der Waals surface area contributed by atoms with E-state index in [9.17, 15) is 0 Å². The number of benzene rings is 1. The van der Waals surface area contributed by atoms with Crippen LogP contribution in [0.5, 0.6) is 0 Å². The third kappa shape index (κ3) is 4.57. The second-order valence-corrected chi connectivity index (χ2v) is 6.66. The van der Waals surface area contributed by atoms with Crippen LogP contribution in [-0.4, -0.2) is 30.6 Å². The molecule has 2 rings (SSSR count). The minimum absolute atomic E-state index is 0.487. The van der Waals surface area contributed by atoms with E-state index in [1.165, 1.54) is 44.5 Å². The van der Waals surface area contributed by atoms with Crippen LogP contribution >= 0.6 is 15.9 Å². The molecule has 1 aliphatic rings. The average Bonchev–Trinajstić information content (AvgIpc) is 2.71. The van der Waals surface area contributed by atoms with Crippen LogP contribution < -0.4 is 5.32 Å². The van der Waals surface area contributed by atoms with E-state index in [-0.39, 0.29) is 0 Å². The van der Waals surface area contributed by atoms with E-state index in [0.717, 1.165) is 10.9 Å². The van der Waals surface area contributed by atoms with E-state index in [1.807, 2.05) is 0 Å². The average molecular weight is 339 g/mol. The van der Waals surface area contributed by atoms with Crippen molar-refractivity contribution >= 4 is 15.9 Å². The molecule has 1 heterocycles. The van der Waals surface area contributed by atoms with Gasteiger partial charge < -0.3 is 10.2 Å². The summed E-state index contributed by atoms with van der Waals surface area (Å²) in [6, 6.07) is 9.92. The Labute approximate surface area is 132 Å². The fourth-order valence-corrected chi connectivity index (χ4v) is 3.33. The number of nitrogens with zero attached hydrogens (tertiary/aromatic N) is 1. The van der Waals surface area contributed by atoms with Gasteiger partial charge in [-0.3, -0.25) is 0 Å². The normalized spacial score (nSPS) is 22.4. The number of hydrogen-bond acceptors (Lipinski definition) is 2. The Bertz CT molecular complexity index is 390. The van der Waals surface area contributed by atoms with Crippen LogP contribution in [0.3, 0.4) is 0 Å². The summed E-state index contributed by atoms with van der Waals surface area (Å²) in [5.41, 5.74) is 1.41. The predicted octanol–water partition coefficient (Wildman–Crippen LogP) is 4.36. The van der Waals surface area contributed by atoms with Crippen molar-refractivity contribution in [1.29, 1.82) is 0 Å². The van der Waals surface area contributed by atoms with Crippen molar-refractivity contribution in [3.8, 4) is 0 Å². The minimum Gasteiger partial charge on any atom is -0.307 e. The fraction of sp³-hybridized carbons (Fsp3) is 0.647. The van der Waals surface area contributed by atoms with Gasteiger partial charge in [-0.25, -0.2) is 0 Å². The zero-order valence-electron chi connectivity index (χ0n) is 12.7. The molecule has 1 aliphatic heterocycles. The maximum Gasteiger partial charge on any atom is 0.0320 e. The Hall–Kier alpha value is -0.380. The Morgan fingerprint density at radius 3 is 2.60 bits per heavy atom. The first-order chi connectivity index (χ1) is 9.72. The largest absolute Gasteiger partial charge is 0.307 e. The lowest BCUT2D eigenvalue weighted by Gasteiger charge is -2.25. The number of rotatable bonds is 5. The van der Waals surface area contributed by atoms with Gasteiger partial charge in [0.2, 0.25) is 0 Å². The highest BCUT2D eigenvalue weighted by Crippen LogP contribution is 2.22. The molecule has 2 unspecified atom stereocenters. The quantitative estimate of drug-likeness (QED) is 0.857. The Morgan fingerprint density at radius 2 is 1.95 bits per heavy atom. The maximum absolute atomic E-state index is 3.88. The molecule has 1 saturated heterocycles. The lowest BCUT2D eigenvalue weighted by atomic mass is 10.0. The van der Waals surface area contributed by atoms with Crippen molar-refractivity contribution in [1.82, 2.24) is 10.2 Å². The van der Waals surface area contributed by atoms with E-state index in [4.69, 9.17) is 0 Å². The molecule has 0 amide bonds. The highest BCUT2D eigenvalue weighted by molar-refractivity contribution is 9.10. The summed E-state index contributed by atoms with van der Waals surface area (Å²) < 4.78 is 1.16. The third-order valence-corrected chi connectivity index (χ3v) is 4.91. The molecule has 0 radical (unpaired) electrons. The first kappa shape index (κ1) is 16.0. The first-order valence-corrected chi connectivity index (χ1v) is 8.76. The van der Waals surface area contributed by atoms with Gasteiger partial charge in [0.1, 0.15) is 0 Å². The van der Waals surface area contributed by atoms with E-state index in [0.29, 0.717) is 12.1 Å². The first-order valence-electron chi connectivity index (χ1n) is 7.96. The summed E-state index contributed by atoms with van der Waals surface area (Å²) in [5.74, 6) is 0. The van der Waals surface area contributed by atoms with Gasteiger partial charge in [0.25, 0.3) is 0 Å². The molecule has 1 fully saturated rings. The number of halogens is 1. The van der Waals surface area contributed by atoms with Crippen molar-refractivity contribution in [3.63, 3.8) is 0 Å². The van der Waals surface area contributed by atoms with Gasteiger partial charge in [0.05, 0.1) is 0 Å². The molecule has 0 aromatic heterocycles. The highest BCUT2D eigenvalue weighted by atomic mass is 79.9. The van der Waals surface area contributed by atoms with Gasteiger partial charge in [0.15, 0.2) is 0 Å². The molecule has 2 atom stereocenters. The number of nitrogens with one attached hydrogen (secondary N) is 1. The molecule has 3 heteroatoms. The summed E-state index contributed by atoms with van der Waals surface area (Å²) in [4.78, 5) is 2.57. The molecule has 0 bridgehead atoms.